The molecule has 0 aliphatic carbocycles. The summed E-state index contributed by atoms with van der Waals surface area (Å²) in [4.78, 5) is 4.44. The average molecular weight is 221 g/mol. The number of aromatic nitrogens is 2. The van der Waals surface area contributed by atoms with Gasteiger partial charge in [-0.2, -0.15) is 5.10 Å². The Morgan fingerprint density at radius 1 is 1.62 bits per heavy atom. The summed E-state index contributed by atoms with van der Waals surface area (Å²) < 4.78 is 1.82. The van der Waals surface area contributed by atoms with Gasteiger partial charge >= 0.3 is 0 Å². The molecule has 5 nitrogen and oxygen atoms in total. The lowest BCUT2D eigenvalue weighted by Gasteiger charge is -2.09. The van der Waals surface area contributed by atoms with Crippen molar-refractivity contribution >= 4 is 5.96 Å². The monoisotopic (exact) mass is 221 g/mol. The van der Waals surface area contributed by atoms with Crippen molar-refractivity contribution in [3.05, 3.63) is 30.6 Å². The molecule has 16 heavy (non-hydrogen) atoms. The maximum absolute atomic E-state index is 4.44. The molecule has 88 valence electrons. The summed E-state index contributed by atoms with van der Waals surface area (Å²) in [7, 11) is 1.91. The normalized spacial score (nSPS) is 11.2. The van der Waals surface area contributed by atoms with Crippen molar-refractivity contribution in [1.29, 1.82) is 0 Å². The lowest BCUT2D eigenvalue weighted by Crippen LogP contribution is -2.37. The number of nitrogens with one attached hydrogen (secondary N) is 2. The molecular weight excluding hydrogens is 202 g/mol. The summed E-state index contributed by atoms with van der Waals surface area (Å²) in [5.74, 6) is 0.795. The number of hydrogen-bond acceptors (Lipinski definition) is 2. The van der Waals surface area contributed by atoms with Gasteiger partial charge in [0.25, 0.3) is 0 Å². The predicted molar refractivity (Wildman–Crippen MR) is 66.2 cm³/mol. The molecule has 1 rings (SSSR count). The van der Waals surface area contributed by atoms with Crippen molar-refractivity contribution in [3.8, 4) is 0 Å². The summed E-state index contributed by atoms with van der Waals surface area (Å²) in [5.41, 5.74) is 1.08. The Bertz CT molecular complexity index is 353. The van der Waals surface area contributed by atoms with Crippen LogP contribution in [0.3, 0.4) is 0 Å². The van der Waals surface area contributed by atoms with Crippen LogP contribution in [-0.4, -0.2) is 28.8 Å². The van der Waals surface area contributed by atoms with Gasteiger partial charge in [0, 0.05) is 26.3 Å². The molecule has 0 bridgehead atoms. The first kappa shape index (κ1) is 12.3. The van der Waals surface area contributed by atoms with Crippen LogP contribution in [0.4, 0.5) is 0 Å². The molecule has 5 heteroatoms. The van der Waals surface area contributed by atoms with Gasteiger partial charge in [-0.3, -0.25) is 4.68 Å². The fraction of sp³-hybridized carbons (Fsp3) is 0.455. The zero-order valence-electron chi connectivity index (χ0n) is 9.90. The van der Waals surface area contributed by atoms with E-state index in [1.807, 2.05) is 24.7 Å². The van der Waals surface area contributed by atoms with E-state index in [0.29, 0.717) is 13.1 Å². The number of aryl methyl sites for hydroxylation is 1. The molecule has 0 saturated heterocycles. The van der Waals surface area contributed by atoms with Gasteiger partial charge in [0.1, 0.15) is 0 Å². The number of guanidine groups is 1. The van der Waals surface area contributed by atoms with E-state index in [2.05, 4.69) is 27.3 Å². The highest BCUT2D eigenvalue weighted by Crippen LogP contribution is 1.97. The Balaban J connectivity index is 2.56. The van der Waals surface area contributed by atoms with Crippen molar-refractivity contribution in [2.45, 2.75) is 13.5 Å². The highest BCUT2D eigenvalue weighted by molar-refractivity contribution is 5.79. The first-order valence-corrected chi connectivity index (χ1v) is 5.38. The van der Waals surface area contributed by atoms with Gasteiger partial charge in [-0.15, -0.1) is 6.58 Å². The van der Waals surface area contributed by atoms with Crippen LogP contribution >= 0.6 is 0 Å². The number of aliphatic imine (C=N–C) groups is 1. The van der Waals surface area contributed by atoms with Crippen LogP contribution in [0, 0.1) is 0 Å². The van der Waals surface area contributed by atoms with Crippen molar-refractivity contribution in [2.24, 2.45) is 12.0 Å². The van der Waals surface area contributed by atoms with E-state index < -0.39 is 0 Å². The second-order valence-electron chi connectivity index (χ2n) is 3.31. The van der Waals surface area contributed by atoms with Crippen molar-refractivity contribution < 1.29 is 0 Å². The highest BCUT2D eigenvalue weighted by atomic mass is 15.3. The lowest BCUT2D eigenvalue weighted by atomic mass is 10.4. The quantitative estimate of drug-likeness (QED) is 0.436. The first-order valence-electron chi connectivity index (χ1n) is 5.38. The third kappa shape index (κ3) is 3.76. The predicted octanol–water partition coefficient (Wildman–Crippen LogP) is 0.661. The smallest absolute Gasteiger partial charge is 0.191 e. The molecule has 0 aliphatic heterocycles. The second kappa shape index (κ2) is 6.66. The van der Waals surface area contributed by atoms with E-state index in [4.69, 9.17) is 0 Å². The molecule has 1 aromatic rings. The first-order chi connectivity index (χ1) is 7.77. The van der Waals surface area contributed by atoms with Crippen LogP contribution < -0.4 is 10.6 Å². The Morgan fingerprint density at radius 2 is 2.44 bits per heavy atom. The Morgan fingerprint density at radius 3 is 3.00 bits per heavy atom. The van der Waals surface area contributed by atoms with E-state index in [9.17, 15) is 0 Å². The van der Waals surface area contributed by atoms with Gasteiger partial charge in [0.05, 0.1) is 12.2 Å². The summed E-state index contributed by atoms with van der Waals surface area (Å²) >= 11 is 0. The minimum absolute atomic E-state index is 0.614. The zero-order chi connectivity index (χ0) is 11.8. The fourth-order valence-corrected chi connectivity index (χ4v) is 1.23. The maximum Gasteiger partial charge on any atom is 0.191 e. The minimum atomic E-state index is 0.614. The minimum Gasteiger partial charge on any atom is -0.357 e. The van der Waals surface area contributed by atoms with E-state index >= 15 is 0 Å². The van der Waals surface area contributed by atoms with Gasteiger partial charge < -0.3 is 10.6 Å². The third-order valence-electron chi connectivity index (χ3n) is 2.08. The van der Waals surface area contributed by atoms with Crippen molar-refractivity contribution in [2.75, 3.05) is 13.1 Å². The second-order valence-corrected chi connectivity index (χ2v) is 3.31. The molecule has 0 fully saturated rings. The van der Waals surface area contributed by atoms with Crippen LogP contribution in [0.1, 0.15) is 12.6 Å². The molecule has 0 atom stereocenters. The molecule has 0 aliphatic rings. The summed E-state index contributed by atoms with van der Waals surface area (Å²) in [6.45, 7) is 7.86. The molecular formula is C11H19N5. The summed E-state index contributed by atoms with van der Waals surface area (Å²) in [5, 5.41) is 10.4. The van der Waals surface area contributed by atoms with Crippen LogP contribution in [0.15, 0.2) is 29.9 Å². The molecule has 2 N–H and O–H groups in total. The van der Waals surface area contributed by atoms with Gasteiger partial charge in [-0.1, -0.05) is 6.08 Å². The van der Waals surface area contributed by atoms with Crippen LogP contribution in [0.25, 0.3) is 0 Å². The van der Waals surface area contributed by atoms with E-state index in [1.165, 1.54) is 0 Å². The topological polar surface area (TPSA) is 54.2 Å². The highest BCUT2D eigenvalue weighted by Gasteiger charge is 1.98. The molecule has 0 amide bonds. The van der Waals surface area contributed by atoms with E-state index in [1.54, 1.807) is 12.3 Å². The van der Waals surface area contributed by atoms with Gasteiger partial charge in [0.2, 0.25) is 0 Å². The fourth-order valence-electron chi connectivity index (χ4n) is 1.23. The van der Waals surface area contributed by atoms with Gasteiger partial charge in [0.15, 0.2) is 5.96 Å². The molecule has 0 aromatic carbocycles. The van der Waals surface area contributed by atoms with Gasteiger partial charge in [-0.25, -0.2) is 4.99 Å². The SMILES string of the molecule is C=CCNC(=NCc1ccnn1C)NCC. The van der Waals surface area contributed by atoms with Crippen molar-refractivity contribution in [3.63, 3.8) is 0 Å². The van der Waals surface area contributed by atoms with Crippen LogP contribution in [0.2, 0.25) is 0 Å². The molecule has 1 heterocycles. The standard InChI is InChI=1S/C11H19N5/c1-4-7-13-11(12-5-2)14-9-10-6-8-15-16(10)3/h4,6,8H,1,5,7,9H2,2-3H3,(H2,12,13,14). The summed E-state index contributed by atoms with van der Waals surface area (Å²) in [6, 6.07) is 1.96. The average Bonchev–Trinajstić information content (AvgIpc) is 2.68. The Kier molecular flexibility index (Phi) is 5.11. The number of nitrogens with zero attached hydrogens (tertiary/aromatic N) is 3. The third-order valence-corrected chi connectivity index (χ3v) is 2.08. The molecule has 0 spiro atoms. The van der Waals surface area contributed by atoms with Crippen LogP contribution in [-0.2, 0) is 13.6 Å². The molecule has 0 radical (unpaired) electrons. The summed E-state index contributed by atoms with van der Waals surface area (Å²) in [6.07, 6.45) is 3.58. The van der Waals surface area contributed by atoms with E-state index in [-0.39, 0.29) is 0 Å². The Labute approximate surface area is 96.3 Å². The molecule has 0 unspecified atom stereocenters. The molecule has 1 aromatic heterocycles. The lowest BCUT2D eigenvalue weighted by molar-refractivity contribution is 0.709. The zero-order valence-corrected chi connectivity index (χ0v) is 9.90. The van der Waals surface area contributed by atoms with Crippen LogP contribution in [0.5, 0.6) is 0 Å². The number of rotatable bonds is 5. The van der Waals surface area contributed by atoms with Crippen molar-refractivity contribution in [1.82, 2.24) is 20.4 Å². The van der Waals surface area contributed by atoms with Gasteiger partial charge in [-0.05, 0) is 13.0 Å². The Hall–Kier alpha value is -1.78. The molecule has 0 saturated carbocycles. The van der Waals surface area contributed by atoms with E-state index in [0.717, 1.165) is 18.2 Å². The maximum atomic E-state index is 4.44. The largest absolute Gasteiger partial charge is 0.357 e. The number of hydrogen-bond donors (Lipinski definition) is 2.